The van der Waals surface area contributed by atoms with Gasteiger partial charge in [0.2, 0.25) is 0 Å². The lowest BCUT2D eigenvalue weighted by atomic mass is 9.98. The molecule has 0 aliphatic carbocycles. The molecule has 7 heteroatoms. The van der Waals surface area contributed by atoms with Gasteiger partial charge in [0.15, 0.2) is 12.4 Å². The molecule has 3 amide bonds. The number of benzene rings is 2. The molecule has 0 aliphatic heterocycles. The van der Waals surface area contributed by atoms with Crippen molar-refractivity contribution in [2.45, 2.75) is 26.3 Å². The fourth-order valence-electron chi connectivity index (χ4n) is 2.34. The molecule has 146 valence electrons. The molecule has 0 bridgehead atoms. The molecular formula is C21H22N2O5. The largest absolute Gasteiger partial charge is 0.452 e. The fraction of sp³-hybridized carbons (Fsp3) is 0.238. The maximum Gasteiger partial charge on any atom is 0.339 e. The number of ketones is 1. The number of imide groups is 1. The van der Waals surface area contributed by atoms with Gasteiger partial charge < -0.3 is 10.1 Å². The number of hydrogen-bond donors (Lipinski definition) is 2. The number of urea groups is 1. The second-order valence-corrected chi connectivity index (χ2v) is 6.15. The zero-order valence-corrected chi connectivity index (χ0v) is 15.7. The van der Waals surface area contributed by atoms with Crippen LogP contribution in [0.5, 0.6) is 0 Å². The lowest BCUT2D eigenvalue weighted by molar-refractivity contribution is -0.123. The number of nitrogens with one attached hydrogen (secondary N) is 2. The zero-order valence-electron chi connectivity index (χ0n) is 15.7. The third-order valence-electron chi connectivity index (χ3n) is 4.00. The first-order valence-electron chi connectivity index (χ1n) is 8.88. The Morgan fingerprint density at radius 3 is 2.18 bits per heavy atom. The second kappa shape index (κ2) is 10.0. The molecule has 0 heterocycles. The molecule has 1 atom stereocenters. The Hall–Kier alpha value is -3.48. The second-order valence-electron chi connectivity index (χ2n) is 6.15. The van der Waals surface area contributed by atoms with Crippen LogP contribution >= 0.6 is 0 Å². The summed E-state index contributed by atoms with van der Waals surface area (Å²) in [5, 5.41) is 4.65. The average Bonchev–Trinajstić information content (AvgIpc) is 2.71. The van der Waals surface area contributed by atoms with E-state index in [0.717, 1.165) is 0 Å². The summed E-state index contributed by atoms with van der Waals surface area (Å²) >= 11 is 0. The summed E-state index contributed by atoms with van der Waals surface area (Å²) < 4.78 is 4.97. The van der Waals surface area contributed by atoms with Crippen LogP contribution in [0.3, 0.4) is 0 Å². The van der Waals surface area contributed by atoms with E-state index in [1.165, 1.54) is 12.1 Å². The van der Waals surface area contributed by atoms with Gasteiger partial charge >= 0.3 is 12.0 Å². The minimum atomic E-state index is -0.822. The molecule has 2 aromatic carbocycles. The van der Waals surface area contributed by atoms with E-state index in [1.54, 1.807) is 49.4 Å². The lowest BCUT2D eigenvalue weighted by Crippen LogP contribution is -2.44. The SMILES string of the molecule is CC[C@H](C)NC(=O)NC(=O)COC(=O)c1ccccc1C(=O)c1ccccc1. The summed E-state index contributed by atoms with van der Waals surface area (Å²) in [7, 11) is 0. The maximum atomic E-state index is 12.6. The van der Waals surface area contributed by atoms with Gasteiger partial charge in [-0.2, -0.15) is 0 Å². The van der Waals surface area contributed by atoms with Crippen LogP contribution in [0.15, 0.2) is 54.6 Å². The Labute approximate surface area is 163 Å². The molecule has 0 aromatic heterocycles. The van der Waals surface area contributed by atoms with E-state index in [-0.39, 0.29) is 23.0 Å². The van der Waals surface area contributed by atoms with Crippen molar-refractivity contribution in [1.82, 2.24) is 10.6 Å². The van der Waals surface area contributed by atoms with Crippen LogP contribution in [-0.4, -0.2) is 36.3 Å². The first kappa shape index (κ1) is 20.8. The normalized spacial score (nSPS) is 11.2. The van der Waals surface area contributed by atoms with Crippen molar-refractivity contribution in [3.63, 3.8) is 0 Å². The minimum Gasteiger partial charge on any atom is -0.452 e. The average molecular weight is 382 g/mol. The highest BCUT2D eigenvalue weighted by Gasteiger charge is 2.20. The molecular weight excluding hydrogens is 360 g/mol. The summed E-state index contributed by atoms with van der Waals surface area (Å²) in [6.45, 7) is 3.05. The van der Waals surface area contributed by atoms with Crippen LogP contribution in [0.25, 0.3) is 0 Å². The van der Waals surface area contributed by atoms with Gasteiger partial charge in [-0.05, 0) is 19.4 Å². The highest BCUT2D eigenvalue weighted by molar-refractivity contribution is 6.14. The van der Waals surface area contributed by atoms with Crippen molar-refractivity contribution < 1.29 is 23.9 Å². The van der Waals surface area contributed by atoms with Gasteiger partial charge in [-0.15, -0.1) is 0 Å². The number of ether oxygens (including phenoxy) is 1. The number of esters is 1. The van der Waals surface area contributed by atoms with Gasteiger partial charge in [0.1, 0.15) is 0 Å². The molecule has 2 rings (SSSR count). The van der Waals surface area contributed by atoms with E-state index in [9.17, 15) is 19.2 Å². The predicted molar refractivity (Wildman–Crippen MR) is 103 cm³/mol. The van der Waals surface area contributed by atoms with Crippen LogP contribution in [0, 0.1) is 0 Å². The number of rotatable bonds is 7. The van der Waals surface area contributed by atoms with Gasteiger partial charge in [-0.25, -0.2) is 9.59 Å². The molecule has 0 spiro atoms. The van der Waals surface area contributed by atoms with Gasteiger partial charge in [-0.1, -0.05) is 55.5 Å². The zero-order chi connectivity index (χ0) is 20.5. The first-order chi connectivity index (χ1) is 13.4. The summed E-state index contributed by atoms with van der Waals surface area (Å²) in [6.07, 6.45) is 0.711. The van der Waals surface area contributed by atoms with Crippen molar-refractivity contribution in [3.05, 3.63) is 71.3 Å². The maximum absolute atomic E-state index is 12.6. The highest BCUT2D eigenvalue weighted by Crippen LogP contribution is 2.15. The van der Waals surface area contributed by atoms with Gasteiger partial charge in [0, 0.05) is 17.2 Å². The Morgan fingerprint density at radius 1 is 0.929 bits per heavy atom. The van der Waals surface area contributed by atoms with Crippen LogP contribution in [0.1, 0.15) is 46.5 Å². The highest BCUT2D eigenvalue weighted by atomic mass is 16.5. The van der Waals surface area contributed by atoms with Crippen LogP contribution in [-0.2, 0) is 9.53 Å². The molecule has 0 saturated carbocycles. The Kier molecular flexibility index (Phi) is 7.45. The molecule has 2 N–H and O–H groups in total. The summed E-state index contributed by atoms with van der Waals surface area (Å²) in [5.74, 6) is -1.91. The Balaban J connectivity index is 2.01. The molecule has 0 saturated heterocycles. The Bertz CT molecular complexity index is 864. The summed E-state index contributed by atoms with van der Waals surface area (Å²) in [5.41, 5.74) is 0.657. The summed E-state index contributed by atoms with van der Waals surface area (Å²) in [6, 6.07) is 14.0. The minimum absolute atomic E-state index is 0.0493. The van der Waals surface area contributed by atoms with Crippen molar-refractivity contribution in [1.29, 1.82) is 0 Å². The van der Waals surface area contributed by atoms with Crippen LogP contribution < -0.4 is 10.6 Å². The predicted octanol–water partition coefficient (Wildman–Crippen LogP) is 2.70. The standard InChI is InChI=1S/C21H22N2O5/c1-3-14(2)22-21(27)23-18(24)13-28-20(26)17-12-8-7-11-16(17)19(25)15-9-5-4-6-10-15/h4-12,14H,3,13H2,1-2H3,(H2,22,23,24,27)/t14-/m0/s1. The molecule has 0 radical (unpaired) electrons. The third-order valence-corrected chi connectivity index (χ3v) is 4.00. The molecule has 28 heavy (non-hydrogen) atoms. The van der Waals surface area contributed by atoms with Crippen LogP contribution in [0.4, 0.5) is 4.79 Å². The Morgan fingerprint density at radius 2 is 1.54 bits per heavy atom. The van der Waals surface area contributed by atoms with Crippen molar-refractivity contribution in [3.8, 4) is 0 Å². The van der Waals surface area contributed by atoms with E-state index >= 15 is 0 Å². The van der Waals surface area contributed by atoms with Crippen LogP contribution in [0.2, 0.25) is 0 Å². The van der Waals surface area contributed by atoms with E-state index in [4.69, 9.17) is 4.74 Å². The topological polar surface area (TPSA) is 102 Å². The van der Waals surface area contributed by atoms with Crippen molar-refractivity contribution >= 4 is 23.7 Å². The molecule has 7 nitrogen and oxygen atoms in total. The van der Waals surface area contributed by atoms with Gasteiger partial charge in [-0.3, -0.25) is 14.9 Å². The third kappa shape index (κ3) is 5.77. The number of carbonyl (C=O) groups is 4. The molecule has 0 aliphatic rings. The van der Waals surface area contributed by atoms with E-state index in [0.29, 0.717) is 12.0 Å². The van der Waals surface area contributed by atoms with Gasteiger partial charge in [0.05, 0.1) is 5.56 Å². The van der Waals surface area contributed by atoms with E-state index in [2.05, 4.69) is 10.6 Å². The molecule has 2 aromatic rings. The lowest BCUT2D eigenvalue weighted by Gasteiger charge is -2.12. The van der Waals surface area contributed by atoms with Gasteiger partial charge in [0.25, 0.3) is 5.91 Å². The quantitative estimate of drug-likeness (QED) is 0.566. The smallest absolute Gasteiger partial charge is 0.339 e. The number of hydrogen-bond acceptors (Lipinski definition) is 5. The fourth-order valence-corrected chi connectivity index (χ4v) is 2.34. The number of carbonyl (C=O) groups excluding carboxylic acids is 4. The monoisotopic (exact) mass is 382 g/mol. The van der Waals surface area contributed by atoms with E-state index < -0.39 is 24.5 Å². The first-order valence-corrected chi connectivity index (χ1v) is 8.88. The van der Waals surface area contributed by atoms with Crippen molar-refractivity contribution in [2.24, 2.45) is 0 Å². The van der Waals surface area contributed by atoms with E-state index in [1.807, 2.05) is 6.92 Å². The molecule has 0 fully saturated rings. The molecule has 0 unspecified atom stereocenters. The van der Waals surface area contributed by atoms with Crippen molar-refractivity contribution in [2.75, 3.05) is 6.61 Å². The summed E-state index contributed by atoms with van der Waals surface area (Å²) in [4.78, 5) is 48.4. The number of amides is 3.